The molecule has 138 valence electrons. The minimum Gasteiger partial charge on any atom is -0.497 e. The summed E-state index contributed by atoms with van der Waals surface area (Å²) >= 11 is 11.9. The summed E-state index contributed by atoms with van der Waals surface area (Å²) in [5.41, 5.74) is 3.19. The summed E-state index contributed by atoms with van der Waals surface area (Å²) in [6, 6.07) is 14.5. The lowest BCUT2D eigenvalue weighted by atomic mass is 10.1. The van der Waals surface area contributed by atoms with Crippen molar-refractivity contribution in [3.63, 3.8) is 0 Å². The van der Waals surface area contributed by atoms with Crippen molar-refractivity contribution in [1.29, 1.82) is 0 Å². The number of thiocarbonyl (C=S) groups is 1. The standard InChI is InChI=1S/C20H24ClN3OS/c1-14-4-9-19(18(21)12-14)22-20(26)23-10-11-24(15(2)13-23)16-5-7-17(25-3)8-6-16/h4-9,12,15H,10-11,13H2,1-3H3,(H,22,26). The van der Waals surface area contributed by atoms with Crippen molar-refractivity contribution in [1.82, 2.24) is 4.90 Å². The Hall–Kier alpha value is -1.98. The molecule has 3 rings (SSSR count). The van der Waals surface area contributed by atoms with Gasteiger partial charge in [-0.1, -0.05) is 17.7 Å². The summed E-state index contributed by atoms with van der Waals surface area (Å²) in [6.45, 7) is 6.88. The van der Waals surface area contributed by atoms with E-state index >= 15 is 0 Å². The van der Waals surface area contributed by atoms with Crippen molar-refractivity contribution in [2.24, 2.45) is 0 Å². The van der Waals surface area contributed by atoms with Crippen LogP contribution in [0.15, 0.2) is 42.5 Å². The van der Waals surface area contributed by atoms with E-state index in [0.717, 1.165) is 41.7 Å². The van der Waals surface area contributed by atoms with Crippen LogP contribution in [0.5, 0.6) is 5.75 Å². The van der Waals surface area contributed by atoms with Crippen LogP contribution in [0.25, 0.3) is 0 Å². The number of nitrogens with zero attached hydrogens (tertiary/aromatic N) is 2. The highest BCUT2D eigenvalue weighted by Gasteiger charge is 2.25. The fraction of sp³-hybridized carbons (Fsp3) is 0.350. The predicted molar refractivity (Wildman–Crippen MR) is 114 cm³/mol. The van der Waals surface area contributed by atoms with Gasteiger partial charge in [-0.05, 0) is 68.0 Å². The van der Waals surface area contributed by atoms with Gasteiger partial charge in [0, 0.05) is 31.4 Å². The molecule has 1 N–H and O–H groups in total. The highest BCUT2D eigenvalue weighted by Crippen LogP contribution is 2.25. The first-order valence-electron chi connectivity index (χ1n) is 8.70. The summed E-state index contributed by atoms with van der Waals surface area (Å²) in [7, 11) is 1.69. The molecule has 1 fully saturated rings. The van der Waals surface area contributed by atoms with E-state index in [0.29, 0.717) is 11.1 Å². The van der Waals surface area contributed by atoms with Gasteiger partial charge in [-0.2, -0.15) is 0 Å². The minimum atomic E-state index is 0.352. The topological polar surface area (TPSA) is 27.7 Å². The molecule has 2 aromatic carbocycles. The van der Waals surface area contributed by atoms with E-state index in [1.807, 2.05) is 37.3 Å². The highest BCUT2D eigenvalue weighted by molar-refractivity contribution is 7.80. The van der Waals surface area contributed by atoms with Crippen molar-refractivity contribution >= 4 is 40.3 Å². The van der Waals surface area contributed by atoms with E-state index in [2.05, 4.69) is 34.2 Å². The Kier molecular flexibility index (Phi) is 5.89. The van der Waals surface area contributed by atoms with Crippen molar-refractivity contribution in [3.05, 3.63) is 53.1 Å². The first-order valence-corrected chi connectivity index (χ1v) is 9.49. The molecule has 1 saturated heterocycles. The largest absolute Gasteiger partial charge is 0.497 e. The molecule has 1 aliphatic heterocycles. The molecule has 4 nitrogen and oxygen atoms in total. The van der Waals surface area contributed by atoms with E-state index < -0.39 is 0 Å². The summed E-state index contributed by atoms with van der Waals surface area (Å²) in [4.78, 5) is 4.60. The van der Waals surface area contributed by atoms with Gasteiger partial charge in [0.15, 0.2) is 5.11 Å². The van der Waals surface area contributed by atoms with Crippen LogP contribution in [0.3, 0.4) is 0 Å². The minimum absolute atomic E-state index is 0.352. The number of piperazine rings is 1. The average molecular weight is 390 g/mol. The fourth-order valence-corrected chi connectivity index (χ4v) is 3.77. The molecule has 0 aliphatic carbocycles. The first kappa shape index (κ1) is 18.8. The quantitative estimate of drug-likeness (QED) is 0.776. The molecular formula is C20H24ClN3OS. The Morgan fingerprint density at radius 1 is 1.19 bits per heavy atom. The molecule has 0 amide bonds. The second-order valence-corrected chi connectivity index (χ2v) is 7.39. The molecule has 0 saturated carbocycles. The van der Waals surface area contributed by atoms with Gasteiger partial charge in [-0.15, -0.1) is 0 Å². The summed E-state index contributed by atoms with van der Waals surface area (Å²) < 4.78 is 5.24. The normalized spacial score (nSPS) is 17.2. The Morgan fingerprint density at radius 2 is 1.92 bits per heavy atom. The van der Waals surface area contributed by atoms with E-state index in [9.17, 15) is 0 Å². The Balaban J connectivity index is 1.63. The van der Waals surface area contributed by atoms with Crippen LogP contribution in [-0.2, 0) is 0 Å². The van der Waals surface area contributed by atoms with Crippen LogP contribution in [0.4, 0.5) is 11.4 Å². The lowest BCUT2D eigenvalue weighted by molar-refractivity contribution is 0.342. The van der Waals surface area contributed by atoms with E-state index in [1.54, 1.807) is 7.11 Å². The molecule has 1 aliphatic rings. The van der Waals surface area contributed by atoms with E-state index in [4.69, 9.17) is 28.6 Å². The number of hydrogen-bond donors (Lipinski definition) is 1. The van der Waals surface area contributed by atoms with Crippen LogP contribution in [0.2, 0.25) is 5.02 Å². The molecule has 0 bridgehead atoms. The van der Waals surface area contributed by atoms with Crippen molar-refractivity contribution in [2.45, 2.75) is 19.9 Å². The number of rotatable bonds is 3. The van der Waals surface area contributed by atoms with Crippen molar-refractivity contribution in [3.8, 4) is 5.75 Å². The third-order valence-corrected chi connectivity index (χ3v) is 5.36. The van der Waals surface area contributed by atoms with Gasteiger partial charge in [0.2, 0.25) is 0 Å². The number of hydrogen-bond acceptors (Lipinski definition) is 3. The van der Waals surface area contributed by atoms with Gasteiger partial charge in [0.25, 0.3) is 0 Å². The fourth-order valence-electron chi connectivity index (χ4n) is 3.22. The monoisotopic (exact) mass is 389 g/mol. The summed E-state index contributed by atoms with van der Waals surface area (Å²) in [6.07, 6.45) is 0. The lowest BCUT2D eigenvalue weighted by Gasteiger charge is -2.42. The Labute approximate surface area is 165 Å². The molecule has 26 heavy (non-hydrogen) atoms. The Bertz CT molecular complexity index is 781. The van der Waals surface area contributed by atoms with Gasteiger partial charge < -0.3 is 19.9 Å². The third-order valence-electron chi connectivity index (χ3n) is 4.68. The van der Waals surface area contributed by atoms with Gasteiger partial charge in [-0.25, -0.2) is 0 Å². The first-order chi connectivity index (χ1) is 12.5. The van der Waals surface area contributed by atoms with E-state index in [1.165, 1.54) is 5.69 Å². The number of benzene rings is 2. The van der Waals surface area contributed by atoms with Crippen LogP contribution in [0, 0.1) is 6.92 Å². The van der Waals surface area contributed by atoms with Crippen LogP contribution in [0.1, 0.15) is 12.5 Å². The van der Waals surface area contributed by atoms with Gasteiger partial charge in [-0.3, -0.25) is 0 Å². The number of aryl methyl sites for hydroxylation is 1. The number of halogens is 1. The Morgan fingerprint density at radius 3 is 2.54 bits per heavy atom. The number of nitrogens with one attached hydrogen (secondary N) is 1. The molecule has 1 atom stereocenters. The SMILES string of the molecule is COc1ccc(N2CCN(C(=S)Nc3ccc(C)cc3Cl)CC2C)cc1. The van der Waals surface area contributed by atoms with E-state index in [-0.39, 0.29) is 0 Å². The van der Waals surface area contributed by atoms with Crippen molar-refractivity contribution in [2.75, 3.05) is 37.0 Å². The molecule has 1 heterocycles. The molecule has 6 heteroatoms. The highest BCUT2D eigenvalue weighted by atomic mass is 35.5. The number of anilines is 2. The molecule has 1 unspecified atom stereocenters. The second-order valence-electron chi connectivity index (χ2n) is 6.60. The zero-order valence-electron chi connectivity index (χ0n) is 15.3. The molecule has 0 spiro atoms. The summed E-state index contributed by atoms with van der Waals surface area (Å²) in [5.74, 6) is 0.875. The third kappa shape index (κ3) is 4.22. The zero-order valence-corrected chi connectivity index (χ0v) is 16.9. The van der Waals surface area contributed by atoms with Crippen LogP contribution < -0.4 is 15.0 Å². The average Bonchev–Trinajstić information content (AvgIpc) is 2.64. The molecular weight excluding hydrogens is 366 g/mol. The predicted octanol–water partition coefficient (Wildman–Crippen LogP) is 4.56. The number of ether oxygens (including phenoxy) is 1. The van der Waals surface area contributed by atoms with Gasteiger partial charge in [0.05, 0.1) is 17.8 Å². The smallest absolute Gasteiger partial charge is 0.173 e. The van der Waals surface area contributed by atoms with Crippen LogP contribution in [-0.4, -0.2) is 42.8 Å². The van der Waals surface area contributed by atoms with Crippen molar-refractivity contribution < 1.29 is 4.74 Å². The molecule has 0 radical (unpaired) electrons. The zero-order chi connectivity index (χ0) is 18.7. The lowest BCUT2D eigenvalue weighted by Crippen LogP contribution is -2.54. The molecule has 0 aromatic heterocycles. The van der Waals surface area contributed by atoms with Gasteiger partial charge in [0.1, 0.15) is 5.75 Å². The van der Waals surface area contributed by atoms with Crippen LogP contribution >= 0.6 is 23.8 Å². The maximum Gasteiger partial charge on any atom is 0.173 e. The number of methoxy groups -OCH3 is 1. The second kappa shape index (κ2) is 8.14. The summed E-state index contributed by atoms with van der Waals surface area (Å²) in [5, 5.41) is 4.70. The van der Waals surface area contributed by atoms with Gasteiger partial charge >= 0.3 is 0 Å². The maximum absolute atomic E-state index is 6.31. The molecule has 2 aromatic rings. The maximum atomic E-state index is 6.31.